The molecule has 2 amide bonds. The maximum atomic E-state index is 12.6. The fraction of sp³-hybridized carbons (Fsp3) is 0.357. The molecule has 130 valence electrons. The molecule has 10 heteroatoms. The molecule has 24 heavy (non-hydrogen) atoms. The van der Waals surface area contributed by atoms with E-state index in [2.05, 4.69) is 5.32 Å². The van der Waals surface area contributed by atoms with E-state index >= 15 is 0 Å². The molecule has 0 saturated carbocycles. The third-order valence-corrected chi connectivity index (χ3v) is 5.45. The Morgan fingerprint density at radius 3 is 2.33 bits per heavy atom. The van der Waals surface area contributed by atoms with Gasteiger partial charge in [0.25, 0.3) is 5.91 Å². The summed E-state index contributed by atoms with van der Waals surface area (Å²) in [5.74, 6) is -2.05. The van der Waals surface area contributed by atoms with Crippen LogP contribution in [0.2, 0.25) is 0 Å². The van der Waals surface area contributed by atoms with Gasteiger partial charge in [0.15, 0.2) is 0 Å². The zero-order chi connectivity index (χ0) is 17.9. The van der Waals surface area contributed by atoms with Crippen molar-refractivity contribution in [3.63, 3.8) is 0 Å². The molecule has 0 radical (unpaired) electrons. The Balaban J connectivity index is 2.15. The third kappa shape index (κ3) is 3.71. The predicted octanol–water partition coefficient (Wildman–Crippen LogP) is -1.04. The van der Waals surface area contributed by atoms with E-state index in [0.29, 0.717) is 5.56 Å². The molecular formula is C14H17N3O6S. The van der Waals surface area contributed by atoms with Crippen molar-refractivity contribution in [2.75, 3.05) is 33.2 Å². The summed E-state index contributed by atoms with van der Waals surface area (Å²) in [5.41, 5.74) is 0.318. The van der Waals surface area contributed by atoms with Crippen LogP contribution in [-0.2, 0) is 19.6 Å². The Bertz CT molecular complexity index is 759. The first kappa shape index (κ1) is 17.9. The van der Waals surface area contributed by atoms with Crippen LogP contribution in [0, 0.1) is 0 Å². The number of piperazine rings is 1. The molecule has 1 aromatic rings. The van der Waals surface area contributed by atoms with Crippen molar-refractivity contribution in [3.8, 4) is 0 Å². The van der Waals surface area contributed by atoms with Crippen molar-refractivity contribution in [1.82, 2.24) is 14.5 Å². The molecule has 9 nitrogen and oxygen atoms in total. The van der Waals surface area contributed by atoms with E-state index in [9.17, 15) is 22.8 Å². The van der Waals surface area contributed by atoms with Crippen molar-refractivity contribution < 1.29 is 27.9 Å². The number of aliphatic carboxylic acids is 1. The van der Waals surface area contributed by atoms with Gasteiger partial charge in [-0.2, -0.15) is 4.31 Å². The summed E-state index contributed by atoms with van der Waals surface area (Å²) in [6.07, 6.45) is 0. The normalized spacial score (nSPS) is 16.0. The molecule has 0 unspecified atom stereocenters. The van der Waals surface area contributed by atoms with E-state index < -0.39 is 35.0 Å². The Labute approximate surface area is 138 Å². The molecule has 2 N–H and O–H groups in total. The van der Waals surface area contributed by atoms with E-state index in [4.69, 9.17) is 5.11 Å². The van der Waals surface area contributed by atoms with Crippen molar-refractivity contribution in [2.24, 2.45) is 0 Å². The smallest absolute Gasteiger partial charge is 0.323 e. The Morgan fingerprint density at radius 1 is 1.21 bits per heavy atom. The molecule has 2 rings (SSSR count). The quantitative estimate of drug-likeness (QED) is 0.695. The summed E-state index contributed by atoms with van der Waals surface area (Å²) in [7, 11) is -2.42. The monoisotopic (exact) mass is 355 g/mol. The van der Waals surface area contributed by atoms with Crippen LogP contribution < -0.4 is 5.32 Å². The first-order valence-corrected chi connectivity index (χ1v) is 8.51. The molecular weight excluding hydrogens is 338 g/mol. The highest BCUT2D eigenvalue weighted by Crippen LogP contribution is 2.18. The zero-order valence-corrected chi connectivity index (χ0v) is 13.7. The van der Waals surface area contributed by atoms with Gasteiger partial charge in [-0.25, -0.2) is 8.42 Å². The maximum Gasteiger partial charge on any atom is 0.323 e. The van der Waals surface area contributed by atoms with E-state index in [1.54, 1.807) is 0 Å². The van der Waals surface area contributed by atoms with Crippen LogP contribution in [-0.4, -0.2) is 73.7 Å². The molecule has 0 atom stereocenters. The van der Waals surface area contributed by atoms with E-state index in [1.807, 2.05) is 0 Å². The van der Waals surface area contributed by atoms with Gasteiger partial charge in [-0.1, -0.05) is 0 Å². The second-order valence-electron chi connectivity index (χ2n) is 5.15. The second-order valence-corrected chi connectivity index (χ2v) is 7.09. The van der Waals surface area contributed by atoms with Gasteiger partial charge >= 0.3 is 5.97 Å². The fourth-order valence-electron chi connectivity index (χ4n) is 2.29. The molecule has 1 fully saturated rings. The second kappa shape index (κ2) is 6.97. The van der Waals surface area contributed by atoms with Gasteiger partial charge in [0.2, 0.25) is 15.9 Å². The molecule has 1 aromatic carbocycles. The maximum absolute atomic E-state index is 12.6. The van der Waals surface area contributed by atoms with Gasteiger partial charge in [-0.15, -0.1) is 0 Å². The average molecular weight is 355 g/mol. The number of sulfonamides is 1. The van der Waals surface area contributed by atoms with Crippen molar-refractivity contribution in [3.05, 3.63) is 29.8 Å². The highest BCUT2D eigenvalue weighted by atomic mass is 32.2. The van der Waals surface area contributed by atoms with Crippen LogP contribution in [0.1, 0.15) is 10.4 Å². The first-order valence-electron chi connectivity index (χ1n) is 7.07. The number of hydrogen-bond donors (Lipinski definition) is 2. The number of benzene rings is 1. The van der Waals surface area contributed by atoms with Gasteiger partial charge in [-0.3, -0.25) is 14.4 Å². The highest BCUT2D eigenvalue weighted by Gasteiger charge is 2.33. The first-order chi connectivity index (χ1) is 11.3. The van der Waals surface area contributed by atoms with Crippen LogP contribution in [0.15, 0.2) is 29.2 Å². The molecule has 0 aliphatic carbocycles. The minimum atomic E-state index is -3.89. The van der Waals surface area contributed by atoms with Crippen LogP contribution in [0.25, 0.3) is 0 Å². The standard InChI is InChI=1S/C14H17N3O6S/c1-15-14(21)10-2-4-11(5-3-10)24(22,23)17-7-6-16(9-13(19)20)12(18)8-17/h2-5H,6-9H2,1H3,(H,15,21)(H,19,20). The van der Waals surface area contributed by atoms with Gasteiger partial charge in [0.05, 0.1) is 11.4 Å². The lowest BCUT2D eigenvalue weighted by Crippen LogP contribution is -2.53. The number of hydrogen-bond acceptors (Lipinski definition) is 5. The molecule has 1 heterocycles. The molecule has 0 aromatic heterocycles. The average Bonchev–Trinajstić information content (AvgIpc) is 2.55. The molecule has 0 spiro atoms. The van der Waals surface area contributed by atoms with Crippen molar-refractivity contribution in [2.45, 2.75) is 4.90 Å². The Kier molecular flexibility index (Phi) is 5.20. The fourth-order valence-corrected chi connectivity index (χ4v) is 3.67. The van der Waals surface area contributed by atoms with Gasteiger partial charge < -0.3 is 15.3 Å². The number of carboxylic acids is 1. The topological polar surface area (TPSA) is 124 Å². The van der Waals surface area contributed by atoms with E-state index in [-0.39, 0.29) is 23.9 Å². The van der Waals surface area contributed by atoms with Gasteiger partial charge in [0.1, 0.15) is 6.54 Å². The Hall–Kier alpha value is -2.46. The number of amides is 2. The van der Waals surface area contributed by atoms with Crippen molar-refractivity contribution in [1.29, 1.82) is 0 Å². The Morgan fingerprint density at radius 2 is 1.83 bits per heavy atom. The summed E-state index contributed by atoms with van der Waals surface area (Å²) in [6.45, 7) is -0.834. The lowest BCUT2D eigenvalue weighted by molar-refractivity contribution is -0.146. The molecule has 0 bridgehead atoms. The lowest BCUT2D eigenvalue weighted by atomic mass is 10.2. The summed E-state index contributed by atoms with van der Waals surface area (Å²) in [4.78, 5) is 35.1. The van der Waals surface area contributed by atoms with Crippen molar-refractivity contribution >= 4 is 27.8 Å². The summed E-state index contributed by atoms with van der Waals surface area (Å²) < 4.78 is 26.1. The summed E-state index contributed by atoms with van der Waals surface area (Å²) >= 11 is 0. The number of carbonyl (C=O) groups is 3. The van der Waals surface area contributed by atoms with Gasteiger partial charge in [-0.05, 0) is 24.3 Å². The number of carboxylic acid groups (broad SMARTS) is 1. The predicted molar refractivity (Wildman–Crippen MR) is 82.8 cm³/mol. The lowest BCUT2D eigenvalue weighted by Gasteiger charge is -2.32. The SMILES string of the molecule is CNC(=O)c1ccc(S(=O)(=O)N2CCN(CC(=O)O)C(=O)C2)cc1. The zero-order valence-electron chi connectivity index (χ0n) is 12.9. The molecule has 1 aliphatic heterocycles. The van der Waals surface area contributed by atoms with Crippen LogP contribution in [0.4, 0.5) is 0 Å². The number of carbonyl (C=O) groups excluding carboxylic acids is 2. The number of rotatable bonds is 5. The number of nitrogens with one attached hydrogen (secondary N) is 1. The van der Waals surface area contributed by atoms with Crippen LogP contribution >= 0.6 is 0 Å². The molecule has 1 saturated heterocycles. The van der Waals surface area contributed by atoms with E-state index in [0.717, 1.165) is 9.21 Å². The largest absolute Gasteiger partial charge is 0.480 e. The van der Waals surface area contributed by atoms with Crippen LogP contribution in [0.3, 0.4) is 0 Å². The number of nitrogens with zero attached hydrogens (tertiary/aromatic N) is 2. The minimum absolute atomic E-state index is 0.0125. The van der Waals surface area contributed by atoms with Crippen LogP contribution in [0.5, 0.6) is 0 Å². The highest BCUT2D eigenvalue weighted by molar-refractivity contribution is 7.89. The third-order valence-electron chi connectivity index (χ3n) is 3.59. The van der Waals surface area contributed by atoms with Gasteiger partial charge in [0, 0.05) is 25.7 Å². The van der Waals surface area contributed by atoms with E-state index in [1.165, 1.54) is 31.3 Å². The molecule has 1 aliphatic rings. The summed E-state index contributed by atoms with van der Waals surface area (Å²) in [6, 6.07) is 5.37. The summed E-state index contributed by atoms with van der Waals surface area (Å²) in [5, 5.41) is 11.2. The minimum Gasteiger partial charge on any atom is -0.480 e.